The number of nitrogens with zero attached hydrogens (tertiary/aromatic N) is 6. The first-order chi connectivity index (χ1) is 17.9. The summed E-state index contributed by atoms with van der Waals surface area (Å²) in [5.41, 5.74) is 3.90. The average Bonchev–Trinajstić information content (AvgIpc) is 2.90. The topological polar surface area (TPSA) is 128 Å². The van der Waals surface area contributed by atoms with Crippen LogP contribution in [0.3, 0.4) is 0 Å². The zero-order valence-electron chi connectivity index (χ0n) is 20.1. The Morgan fingerprint density at radius 3 is 2.57 bits per heavy atom. The van der Waals surface area contributed by atoms with E-state index < -0.39 is 10.9 Å². The molecule has 0 saturated carbocycles. The number of aromatic nitrogens is 4. The van der Waals surface area contributed by atoms with E-state index in [1.165, 1.54) is 0 Å². The Bertz CT molecular complexity index is 1480. The van der Waals surface area contributed by atoms with E-state index in [4.69, 9.17) is 4.98 Å². The third-order valence-electron chi connectivity index (χ3n) is 6.03. The van der Waals surface area contributed by atoms with E-state index in [9.17, 15) is 8.42 Å². The predicted octanol–water partition coefficient (Wildman–Crippen LogP) is 3.04. The van der Waals surface area contributed by atoms with Gasteiger partial charge < -0.3 is 20.4 Å². The van der Waals surface area contributed by atoms with Crippen molar-refractivity contribution in [3.63, 3.8) is 0 Å². The number of hydrogen-bond donors (Lipinski definition) is 4. The maximum Gasteiger partial charge on any atom is 0.229 e. The number of hydrogen-bond acceptors (Lipinski definition) is 10. The Kier molecular flexibility index (Phi) is 7.74. The molecule has 1 aliphatic heterocycles. The van der Waals surface area contributed by atoms with Gasteiger partial charge in [-0.2, -0.15) is 4.98 Å². The number of piperazine rings is 1. The second-order valence-electron chi connectivity index (χ2n) is 8.61. The fraction of sp³-hybridized carbons (Fsp3) is 0.250. The molecule has 3 N–H and O–H groups in total. The molecule has 0 radical (unpaired) electrons. The van der Waals surface area contributed by atoms with Gasteiger partial charge in [-0.25, -0.2) is 23.1 Å². The highest BCUT2D eigenvalue weighted by Gasteiger charge is 2.16. The lowest BCUT2D eigenvalue weighted by Crippen LogP contribution is -2.44. The molecule has 0 spiro atoms. The second-order valence-corrected chi connectivity index (χ2v) is 10.3. The lowest BCUT2D eigenvalue weighted by Gasteiger charge is -2.33. The predicted molar refractivity (Wildman–Crippen MR) is 149 cm³/mol. The molecule has 4 aromatic rings. The third-order valence-corrected chi connectivity index (χ3v) is 7.02. The highest BCUT2D eigenvalue weighted by Crippen LogP contribution is 2.28. The van der Waals surface area contributed by atoms with Crippen LogP contribution in [0, 0.1) is 0 Å². The van der Waals surface area contributed by atoms with Gasteiger partial charge in [0.2, 0.25) is 16.8 Å². The zero-order chi connectivity index (χ0) is 25.8. The van der Waals surface area contributed by atoms with E-state index in [2.05, 4.69) is 63.1 Å². The molecular formula is C24H26BrN9O2S. The summed E-state index contributed by atoms with van der Waals surface area (Å²) in [5, 5.41) is 6.48. The molecule has 37 heavy (non-hydrogen) atoms. The first-order valence-electron chi connectivity index (χ1n) is 11.7. The molecular weight excluding hydrogens is 558 g/mol. The molecule has 0 bridgehead atoms. The summed E-state index contributed by atoms with van der Waals surface area (Å²) in [4.78, 5) is 23.0. The molecule has 5 rings (SSSR count). The molecule has 13 heteroatoms. The van der Waals surface area contributed by atoms with E-state index in [1.54, 1.807) is 6.20 Å². The summed E-state index contributed by atoms with van der Waals surface area (Å²) in [6, 6.07) is 13.2. The van der Waals surface area contributed by atoms with Gasteiger partial charge in [-0.1, -0.05) is 18.2 Å². The van der Waals surface area contributed by atoms with Crippen LogP contribution in [0.1, 0.15) is 5.56 Å². The van der Waals surface area contributed by atoms with E-state index >= 15 is 0 Å². The number of benzene rings is 2. The molecule has 192 valence electrons. The van der Waals surface area contributed by atoms with Crippen molar-refractivity contribution in [2.45, 2.75) is 6.54 Å². The summed E-state index contributed by atoms with van der Waals surface area (Å²) < 4.78 is 25.0. The Hall–Kier alpha value is -3.39. The standard InChI is InChI=1S/C24H26BrN9O2S/c1-33-8-10-34(11-9-33)22-15-26-21-12-17(6-7-20(21)30-22)29-24-27-14-18(25)23(32-24)31-19-5-3-2-4-16(19)13-28-37(35)36/h2-7,12,14-15,37H,8-11,13H2,1H3,(H,28,35,36)(H2,27,29,31,32). The molecule has 1 saturated heterocycles. The van der Waals surface area contributed by atoms with Crippen LogP contribution in [0.4, 0.5) is 29.0 Å². The molecule has 1 aliphatic rings. The Balaban J connectivity index is 1.32. The molecule has 0 aliphatic carbocycles. The zero-order valence-corrected chi connectivity index (χ0v) is 22.5. The summed E-state index contributed by atoms with van der Waals surface area (Å²) >= 11 is 3.48. The van der Waals surface area contributed by atoms with E-state index in [-0.39, 0.29) is 6.54 Å². The Morgan fingerprint density at radius 1 is 0.946 bits per heavy atom. The monoisotopic (exact) mass is 583 g/mol. The number of likely N-dealkylation sites (N-methyl/N-ethyl adjacent to an activating group) is 1. The number of rotatable bonds is 8. The summed E-state index contributed by atoms with van der Waals surface area (Å²) in [7, 11) is -0.563. The van der Waals surface area contributed by atoms with Crippen LogP contribution in [-0.4, -0.2) is 66.5 Å². The molecule has 2 aromatic carbocycles. The van der Waals surface area contributed by atoms with Crippen LogP contribution in [0.5, 0.6) is 0 Å². The lowest BCUT2D eigenvalue weighted by molar-refractivity contribution is 0.312. The maximum absolute atomic E-state index is 11.0. The van der Waals surface area contributed by atoms with Gasteiger partial charge in [0.1, 0.15) is 11.6 Å². The Morgan fingerprint density at radius 2 is 1.76 bits per heavy atom. The fourth-order valence-electron chi connectivity index (χ4n) is 3.98. The smallest absolute Gasteiger partial charge is 0.229 e. The normalized spacial score (nSPS) is 14.3. The minimum Gasteiger partial charge on any atom is -0.353 e. The first-order valence-corrected chi connectivity index (χ1v) is 13.6. The SMILES string of the molecule is CN1CCN(c2cnc3cc(Nc4ncc(Br)c(Nc5ccccc5CN[SH](=O)=O)n4)ccc3n2)CC1. The minimum atomic E-state index is -2.69. The number of nitrogens with one attached hydrogen (secondary N) is 3. The van der Waals surface area contributed by atoms with Crippen LogP contribution < -0.4 is 20.3 Å². The van der Waals surface area contributed by atoms with Crippen molar-refractivity contribution < 1.29 is 8.42 Å². The number of thiol groups is 1. The van der Waals surface area contributed by atoms with Crippen molar-refractivity contribution in [1.82, 2.24) is 29.6 Å². The first kappa shape index (κ1) is 25.3. The average molecular weight is 585 g/mol. The quantitative estimate of drug-likeness (QED) is 0.230. The van der Waals surface area contributed by atoms with Gasteiger partial charge in [0.05, 0.1) is 21.7 Å². The van der Waals surface area contributed by atoms with Crippen LogP contribution >= 0.6 is 15.9 Å². The van der Waals surface area contributed by atoms with Gasteiger partial charge in [-0.3, -0.25) is 4.98 Å². The van der Waals surface area contributed by atoms with Gasteiger partial charge in [-0.15, -0.1) is 0 Å². The summed E-state index contributed by atoms with van der Waals surface area (Å²) in [5.74, 6) is 1.82. The van der Waals surface area contributed by atoms with Gasteiger partial charge in [0.15, 0.2) is 0 Å². The van der Waals surface area contributed by atoms with Crippen molar-refractivity contribution in [1.29, 1.82) is 0 Å². The van der Waals surface area contributed by atoms with Crippen molar-refractivity contribution in [2.24, 2.45) is 0 Å². The number of anilines is 5. The van der Waals surface area contributed by atoms with Gasteiger partial charge >= 0.3 is 0 Å². The van der Waals surface area contributed by atoms with Crippen LogP contribution in [0.15, 0.2) is 59.3 Å². The van der Waals surface area contributed by atoms with Gasteiger partial charge in [0, 0.05) is 50.3 Å². The molecule has 2 aromatic heterocycles. The van der Waals surface area contributed by atoms with Crippen molar-refractivity contribution >= 4 is 66.8 Å². The lowest BCUT2D eigenvalue weighted by atomic mass is 10.2. The van der Waals surface area contributed by atoms with E-state index in [0.29, 0.717) is 16.2 Å². The maximum atomic E-state index is 11.0. The highest BCUT2D eigenvalue weighted by atomic mass is 79.9. The molecule has 1 fully saturated rings. The van der Waals surface area contributed by atoms with Crippen LogP contribution in [0.25, 0.3) is 11.0 Å². The minimum absolute atomic E-state index is 0.171. The highest BCUT2D eigenvalue weighted by molar-refractivity contribution is 9.10. The number of halogens is 1. The third kappa shape index (κ3) is 6.31. The molecule has 0 amide bonds. The van der Waals surface area contributed by atoms with Crippen molar-refractivity contribution in [2.75, 3.05) is 48.8 Å². The van der Waals surface area contributed by atoms with E-state index in [1.807, 2.05) is 48.7 Å². The summed E-state index contributed by atoms with van der Waals surface area (Å²) in [6.07, 6.45) is 3.47. The number of fused-ring (bicyclic) bond motifs is 1. The van der Waals surface area contributed by atoms with Crippen LogP contribution in [-0.2, 0) is 17.4 Å². The molecule has 11 nitrogen and oxygen atoms in total. The van der Waals surface area contributed by atoms with Crippen molar-refractivity contribution in [3.05, 3.63) is 64.9 Å². The largest absolute Gasteiger partial charge is 0.353 e. The van der Waals surface area contributed by atoms with E-state index in [0.717, 1.165) is 60.0 Å². The van der Waals surface area contributed by atoms with Gasteiger partial charge in [-0.05, 0) is 52.8 Å². The van der Waals surface area contributed by atoms with Crippen molar-refractivity contribution in [3.8, 4) is 0 Å². The second kappa shape index (κ2) is 11.3. The summed E-state index contributed by atoms with van der Waals surface area (Å²) in [6.45, 7) is 4.07. The number of para-hydroxylation sites is 1. The molecule has 3 heterocycles. The van der Waals surface area contributed by atoms with Gasteiger partial charge in [0.25, 0.3) is 0 Å². The molecule has 0 unspecified atom stereocenters. The molecule has 0 atom stereocenters. The van der Waals surface area contributed by atoms with Crippen LogP contribution in [0.2, 0.25) is 0 Å². The fourth-order valence-corrected chi connectivity index (χ4v) is 4.57. The Labute approximate surface area is 224 Å².